The maximum absolute atomic E-state index is 11.8. The van der Waals surface area contributed by atoms with E-state index in [-0.39, 0.29) is 23.8 Å². The van der Waals surface area contributed by atoms with Crippen molar-refractivity contribution in [2.24, 2.45) is 5.92 Å². The van der Waals surface area contributed by atoms with Gasteiger partial charge in [-0.2, -0.15) is 0 Å². The highest BCUT2D eigenvalue weighted by Crippen LogP contribution is 2.16. The molecule has 0 saturated carbocycles. The maximum atomic E-state index is 11.8. The minimum Gasteiger partial charge on any atom is -0.358 e. The first kappa shape index (κ1) is 15.4. The Morgan fingerprint density at radius 1 is 1.21 bits per heavy atom. The summed E-state index contributed by atoms with van der Waals surface area (Å²) < 4.78 is 0. The van der Waals surface area contributed by atoms with Crippen LogP contribution in [0, 0.1) is 12.8 Å². The van der Waals surface area contributed by atoms with Crippen LogP contribution < -0.4 is 10.6 Å². The molecular formula is C14H24N4O. The number of carbonyl (C=O) groups excluding carboxylic acids is 1. The summed E-state index contributed by atoms with van der Waals surface area (Å²) in [4.78, 5) is 20.7. The van der Waals surface area contributed by atoms with Crippen LogP contribution in [0.4, 0.5) is 5.82 Å². The van der Waals surface area contributed by atoms with Gasteiger partial charge in [-0.1, -0.05) is 27.7 Å². The SMILES string of the molecule is CNC(=O)C(Nc1cc(C)nc(C(C)C)n1)C(C)C. The van der Waals surface area contributed by atoms with Gasteiger partial charge in [-0.05, 0) is 12.8 Å². The number of aromatic nitrogens is 2. The van der Waals surface area contributed by atoms with Crippen LogP contribution in [0.3, 0.4) is 0 Å². The van der Waals surface area contributed by atoms with Gasteiger partial charge in [0.25, 0.3) is 0 Å². The molecule has 5 nitrogen and oxygen atoms in total. The Morgan fingerprint density at radius 2 is 1.84 bits per heavy atom. The van der Waals surface area contributed by atoms with Crippen molar-refractivity contribution in [3.63, 3.8) is 0 Å². The van der Waals surface area contributed by atoms with Crippen molar-refractivity contribution < 1.29 is 4.79 Å². The zero-order chi connectivity index (χ0) is 14.6. The largest absolute Gasteiger partial charge is 0.358 e. The lowest BCUT2D eigenvalue weighted by Crippen LogP contribution is -2.41. The zero-order valence-corrected chi connectivity index (χ0v) is 12.6. The Kier molecular flexibility index (Phi) is 5.27. The molecule has 1 aromatic rings. The Bertz CT molecular complexity index is 443. The van der Waals surface area contributed by atoms with Gasteiger partial charge in [0, 0.05) is 24.7 Å². The van der Waals surface area contributed by atoms with Crippen LogP contribution in [0.1, 0.15) is 45.1 Å². The first-order valence-electron chi connectivity index (χ1n) is 6.68. The highest BCUT2D eigenvalue weighted by molar-refractivity contribution is 5.84. The Morgan fingerprint density at radius 3 is 2.32 bits per heavy atom. The molecule has 5 heteroatoms. The Balaban J connectivity index is 2.99. The van der Waals surface area contributed by atoms with Crippen LogP contribution in [-0.2, 0) is 4.79 Å². The van der Waals surface area contributed by atoms with Crippen molar-refractivity contribution in [1.29, 1.82) is 0 Å². The van der Waals surface area contributed by atoms with E-state index >= 15 is 0 Å². The van der Waals surface area contributed by atoms with E-state index in [2.05, 4.69) is 34.4 Å². The predicted octanol–water partition coefficient (Wildman–Crippen LogP) is 2.09. The zero-order valence-electron chi connectivity index (χ0n) is 12.6. The van der Waals surface area contributed by atoms with Crippen LogP contribution in [0.5, 0.6) is 0 Å². The summed E-state index contributed by atoms with van der Waals surface area (Å²) in [6, 6.07) is 1.57. The molecule has 1 heterocycles. The summed E-state index contributed by atoms with van der Waals surface area (Å²) >= 11 is 0. The van der Waals surface area contributed by atoms with Crippen molar-refractivity contribution >= 4 is 11.7 Å². The minimum absolute atomic E-state index is 0.0302. The molecule has 0 bridgehead atoms. The fraction of sp³-hybridized carbons (Fsp3) is 0.643. The lowest BCUT2D eigenvalue weighted by molar-refractivity contribution is -0.122. The molecule has 0 aliphatic rings. The quantitative estimate of drug-likeness (QED) is 0.854. The van der Waals surface area contributed by atoms with E-state index in [1.165, 1.54) is 0 Å². The van der Waals surface area contributed by atoms with Crippen molar-refractivity contribution in [3.05, 3.63) is 17.6 Å². The van der Waals surface area contributed by atoms with E-state index in [9.17, 15) is 4.79 Å². The lowest BCUT2D eigenvalue weighted by atomic mass is 10.0. The summed E-state index contributed by atoms with van der Waals surface area (Å²) in [5, 5.41) is 5.88. The molecule has 0 radical (unpaired) electrons. The van der Waals surface area contributed by atoms with E-state index in [0.29, 0.717) is 5.82 Å². The highest BCUT2D eigenvalue weighted by Gasteiger charge is 2.21. The molecule has 19 heavy (non-hydrogen) atoms. The topological polar surface area (TPSA) is 66.9 Å². The third kappa shape index (κ3) is 4.19. The first-order valence-corrected chi connectivity index (χ1v) is 6.68. The number of anilines is 1. The predicted molar refractivity (Wildman–Crippen MR) is 77.2 cm³/mol. The van der Waals surface area contributed by atoms with Gasteiger partial charge >= 0.3 is 0 Å². The van der Waals surface area contributed by atoms with Crippen molar-refractivity contribution in [3.8, 4) is 0 Å². The molecule has 1 amide bonds. The monoisotopic (exact) mass is 264 g/mol. The fourth-order valence-corrected chi connectivity index (χ4v) is 1.77. The third-order valence-electron chi connectivity index (χ3n) is 2.89. The summed E-state index contributed by atoms with van der Waals surface area (Å²) in [5.41, 5.74) is 0.903. The lowest BCUT2D eigenvalue weighted by Gasteiger charge is -2.21. The Hall–Kier alpha value is -1.65. The van der Waals surface area contributed by atoms with Crippen LogP contribution >= 0.6 is 0 Å². The van der Waals surface area contributed by atoms with Crippen LogP contribution in [0.25, 0.3) is 0 Å². The molecular weight excluding hydrogens is 240 g/mol. The summed E-state index contributed by atoms with van der Waals surface area (Å²) in [6.45, 7) is 10.0. The molecule has 1 atom stereocenters. The van der Waals surface area contributed by atoms with E-state index in [1.807, 2.05) is 26.8 Å². The molecule has 1 aromatic heterocycles. The summed E-state index contributed by atoms with van der Waals surface area (Å²) in [5.74, 6) is 1.91. The van der Waals surface area contributed by atoms with Gasteiger partial charge in [0.1, 0.15) is 17.7 Å². The van der Waals surface area contributed by atoms with Gasteiger partial charge in [0.2, 0.25) is 5.91 Å². The molecule has 0 aliphatic carbocycles. The number of amides is 1. The Labute approximate surface area is 115 Å². The molecule has 2 N–H and O–H groups in total. The smallest absolute Gasteiger partial charge is 0.242 e. The van der Waals surface area contributed by atoms with Gasteiger partial charge in [0.05, 0.1) is 0 Å². The van der Waals surface area contributed by atoms with Crippen molar-refractivity contribution in [1.82, 2.24) is 15.3 Å². The van der Waals surface area contributed by atoms with Crippen LogP contribution in [-0.4, -0.2) is 29.0 Å². The fourth-order valence-electron chi connectivity index (χ4n) is 1.77. The average Bonchev–Trinajstić information content (AvgIpc) is 2.34. The number of likely N-dealkylation sites (N-methyl/N-ethyl adjacent to an activating group) is 1. The third-order valence-corrected chi connectivity index (χ3v) is 2.89. The van der Waals surface area contributed by atoms with E-state index in [4.69, 9.17) is 0 Å². The minimum atomic E-state index is -0.292. The second-order valence-electron chi connectivity index (χ2n) is 5.39. The highest BCUT2D eigenvalue weighted by atomic mass is 16.2. The molecule has 106 valence electrons. The average molecular weight is 264 g/mol. The second kappa shape index (κ2) is 6.50. The number of aryl methyl sites for hydroxylation is 1. The normalized spacial score (nSPS) is 12.6. The second-order valence-corrected chi connectivity index (χ2v) is 5.39. The summed E-state index contributed by atoms with van der Waals surface area (Å²) in [7, 11) is 1.64. The molecule has 0 saturated heterocycles. The van der Waals surface area contributed by atoms with E-state index < -0.39 is 0 Å². The van der Waals surface area contributed by atoms with Gasteiger partial charge in [-0.15, -0.1) is 0 Å². The molecule has 1 unspecified atom stereocenters. The molecule has 0 aromatic carbocycles. The number of carbonyl (C=O) groups is 1. The van der Waals surface area contributed by atoms with Crippen LogP contribution in [0.15, 0.2) is 6.07 Å². The maximum Gasteiger partial charge on any atom is 0.242 e. The number of rotatable bonds is 5. The number of nitrogens with one attached hydrogen (secondary N) is 2. The van der Waals surface area contributed by atoms with Crippen molar-refractivity contribution in [2.45, 2.75) is 46.6 Å². The van der Waals surface area contributed by atoms with E-state index in [0.717, 1.165) is 11.5 Å². The van der Waals surface area contributed by atoms with E-state index in [1.54, 1.807) is 7.05 Å². The molecule has 0 spiro atoms. The van der Waals surface area contributed by atoms with Gasteiger partial charge in [-0.25, -0.2) is 9.97 Å². The molecule has 0 aliphatic heterocycles. The first-order chi connectivity index (χ1) is 8.85. The molecule has 0 fully saturated rings. The van der Waals surface area contributed by atoms with Crippen LogP contribution in [0.2, 0.25) is 0 Å². The number of hydrogen-bond acceptors (Lipinski definition) is 4. The van der Waals surface area contributed by atoms with Gasteiger partial charge < -0.3 is 10.6 Å². The van der Waals surface area contributed by atoms with Crippen molar-refractivity contribution in [2.75, 3.05) is 12.4 Å². The standard InChI is InChI=1S/C14H24N4O/c1-8(2)12(14(19)15-6)17-11-7-10(5)16-13(18-11)9(3)4/h7-9,12H,1-6H3,(H,15,19)(H,16,17,18). The number of hydrogen-bond donors (Lipinski definition) is 2. The summed E-state index contributed by atoms with van der Waals surface area (Å²) in [6.07, 6.45) is 0. The number of nitrogens with zero attached hydrogens (tertiary/aromatic N) is 2. The van der Waals surface area contributed by atoms with Gasteiger partial charge in [0.15, 0.2) is 0 Å². The molecule has 1 rings (SSSR count). The van der Waals surface area contributed by atoms with Gasteiger partial charge in [-0.3, -0.25) is 4.79 Å².